The second-order valence-corrected chi connectivity index (χ2v) is 6.34. The summed E-state index contributed by atoms with van der Waals surface area (Å²) >= 11 is 0. The standard InChI is InChI=1S/C9H20FNO2S/c1-7(2)8(6-11)9(10)4-5-14(3,12)13/h7-9H,4-6,11H2,1-3H3. The summed E-state index contributed by atoms with van der Waals surface area (Å²) in [7, 11) is -3.07. The Labute approximate surface area is 85.8 Å². The van der Waals surface area contributed by atoms with Gasteiger partial charge in [0.15, 0.2) is 0 Å². The zero-order chi connectivity index (χ0) is 11.4. The summed E-state index contributed by atoms with van der Waals surface area (Å²) in [6, 6.07) is 0. The van der Waals surface area contributed by atoms with Crippen LogP contribution in [0.5, 0.6) is 0 Å². The molecule has 0 aliphatic heterocycles. The van der Waals surface area contributed by atoms with Crippen LogP contribution in [0.4, 0.5) is 4.39 Å². The summed E-state index contributed by atoms with van der Waals surface area (Å²) in [5.74, 6) is -0.191. The summed E-state index contributed by atoms with van der Waals surface area (Å²) in [5.41, 5.74) is 5.42. The van der Waals surface area contributed by atoms with Gasteiger partial charge < -0.3 is 5.73 Å². The third-order valence-corrected chi connectivity index (χ3v) is 3.33. The molecule has 0 saturated carbocycles. The lowest BCUT2D eigenvalue weighted by atomic mass is 9.90. The molecule has 2 unspecified atom stereocenters. The van der Waals surface area contributed by atoms with Crippen molar-refractivity contribution in [2.75, 3.05) is 18.6 Å². The van der Waals surface area contributed by atoms with E-state index in [1.165, 1.54) is 0 Å². The van der Waals surface area contributed by atoms with Gasteiger partial charge in [-0.1, -0.05) is 13.8 Å². The highest BCUT2D eigenvalue weighted by molar-refractivity contribution is 7.90. The van der Waals surface area contributed by atoms with Gasteiger partial charge in [-0.25, -0.2) is 12.8 Å². The molecule has 0 saturated heterocycles. The highest BCUT2D eigenvalue weighted by Gasteiger charge is 2.23. The first kappa shape index (κ1) is 13.8. The van der Waals surface area contributed by atoms with Crippen LogP contribution < -0.4 is 5.73 Å². The van der Waals surface area contributed by atoms with Crippen LogP contribution in [0.25, 0.3) is 0 Å². The second-order valence-electron chi connectivity index (χ2n) is 4.08. The molecule has 0 heterocycles. The molecule has 3 nitrogen and oxygen atoms in total. The average Bonchev–Trinajstić information content (AvgIpc) is 2.00. The first-order chi connectivity index (χ1) is 6.28. The maximum Gasteiger partial charge on any atom is 0.147 e. The summed E-state index contributed by atoms with van der Waals surface area (Å²) in [6.45, 7) is 4.05. The van der Waals surface area contributed by atoms with Crippen molar-refractivity contribution >= 4 is 9.84 Å². The number of hydrogen-bond acceptors (Lipinski definition) is 3. The molecule has 0 aromatic carbocycles. The molecule has 0 aromatic heterocycles. The van der Waals surface area contributed by atoms with E-state index >= 15 is 0 Å². The summed E-state index contributed by atoms with van der Waals surface area (Å²) in [4.78, 5) is 0. The number of rotatable bonds is 6. The molecule has 0 fully saturated rings. The van der Waals surface area contributed by atoms with E-state index in [9.17, 15) is 12.8 Å². The molecular weight excluding hydrogens is 205 g/mol. The predicted molar refractivity (Wildman–Crippen MR) is 56.6 cm³/mol. The molecule has 2 atom stereocenters. The van der Waals surface area contributed by atoms with Gasteiger partial charge in [0.25, 0.3) is 0 Å². The Balaban J connectivity index is 4.12. The number of hydrogen-bond donors (Lipinski definition) is 1. The highest BCUT2D eigenvalue weighted by atomic mass is 32.2. The Hall–Kier alpha value is -0.160. The maximum atomic E-state index is 13.5. The normalized spacial score (nSPS) is 17.0. The molecule has 86 valence electrons. The monoisotopic (exact) mass is 225 g/mol. The fourth-order valence-electron chi connectivity index (χ4n) is 1.38. The van der Waals surface area contributed by atoms with Gasteiger partial charge in [0, 0.05) is 12.2 Å². The van der Waals surface area contributed by atoms with Crippen LogP contribution in [-0.2, 0) is 9.84 Å². The molecule has 14 heavy (non-hydrogen) atoms. The van der Waals surface area contributed by atoms with Gasteiger partial charge >= 0.3 is 0 Å². The minimum Gasteiger partial charge on any atom is -0.330 e. The Kier molecular flexibility index (Phi) is 5.59. The van der Waals surface area contributed by atoms with Crippen molar-refractivity contribution in [1.82, 2.24) is 0 Å². The van der Waals surface area contributed by atoms with Crippen LogP contribution in [0.1, 0.15) is 20.3 Å². The molecule has 0 bridgehead atoms. The van der Waals surface area contributed by atoms with Crippen LogP contribution >= 0.6 is 0 Å². The zero-order valence-corrected chi connectivity index (χ0v) is 9.85. The van der Waals surface area contributed by atoms with Crippen LogP contribution in [-0.4, -0.2) is 33.1 Å². The molecule has 0 aromatic rings. The molecule has 0 aliphatic carbocycles. The van der Waals surface area contributed by atoms with E-state index < -0.39 is 16.0 Å². The average molecular weight is 225 g/mol. The summed E-state index contributed by atoms with van der Waals surface area (Å²) < 4.78 is 35.1. The zero-order valence-electron chi connectivity index (χ0n) is 9.03. The lowest BCUT2D eigenvalue weighted by Gasteiger charge is -2.22. The van der Waals surface area contributed by atoms with Crippen LogP contribution in [0, 0.1) is 11.8 Å². The Morgan fingerprint density at radius 1 is 1.36 bits per heavy atom. The Morgan fingerprint density at radius 2 is 1.86 bits per heavy atom. The van der Waals surface area contributed by atoms with E-state index in [4.69, 9.17) is 5.73 Å². The number of nitrogens with two attached hydrogens (primary N) is 1. The van der Waals surface area contributed by atoms with Crippen LogP contribution in [0.3, 0.4) is 0 Å². The van der Waals surface area contributed by atoms with Crippen molar-refractivity contribution in [2.24, 2.45) is 17.6 Å². The van der Waals surface area contributed by atoms with Crippen molar-refractivity contribution in [3.8, 4) is 0 Å². The van der Waals surface area contributed by atoms with Crippen molar-refractivity contribution in [3.05, 3.63) is 0 Å². The van der Waals surface area contributed by atoms with E-state index in [-0.39, 0.29) is 30.6 Å². The van der Waals surface area contributed by atoms with Gasteiger partial charge in [-0.2, -0.15) is 0 Å². The largest absolute Gasteiger partial charge is 0.330 e. The van der Waals surface area contributed by atoms with Gasteiger partial charge in [-0.15, -0.1) is 0 Å². The molecule has 5 heteroatoms. The highest BCUT2D eigenvalue weighted by Crippen LogP contribution is 2.19. The quantitative estimate of drug-likeness (QED) is 0.733. The molecule has 0 aliphatic rings. The van der Waals surface area contributed by atoms with Gasteiger partial charge in [0.2, 0.25) is 0 Å². The minimum atomic E-state index is -3.07. The Bertz CT molecular complexity index is 252. The smallest absolute Gasteiger partial charge is 0.147 e. The van der Waals surface area contributed by atoms with E-state index in [0.717, 1.165) is 6.26 Å². The number of alkyl halides is 1. The van der Waals surface area contributed by atoms with Crippen molar-refractivity contribution in [1.29, 1.82) is 0 Å². The predicted octanol–water partition coefficient (Wildman–Crippen LogP) is 0.990. The maximum absolute atomic E-state index is 13.5. The topological polar surface area (TPSA) is 60.2 Å². The van der Waals surface area contributed by atoms with Gasteiger partial charge in [0.05, 0.1) is 5.75 Å². The van der Waals surface area contributed by atoms with Crippen molar-refractivity contribution in [3.63, 3.8) is 0 Å². The van der Waals surface area contributed by atoms with Crippen LogP contribution in [0.2, 0.25) is 0 Å². The van der Waals surface area contributed by atoms with Crippen molar-refractivity contribution < 1.29 is 12.8 Å². The molecule has 0 radical (unpaired) electrons. The van der Waals surface area contributed by atoms with Gasteiger partial charge in [-0.3, -0.25) is 0 Å². The lowest BCUT2D eigenvalue weighted by molar-refractivity contribution is 0.182. The van der Waals surface area contributed by atoms with Gasteiger partial charge in [-0.05, 0) is 18.9 Å². The first-order valence-corrected chi connectivity index (χ1v) is 6.86. The van der Waals surface area contributed by atoms with E-state index in [1.807, 2.05) is 13.8 Å². The summed E-state index contributed by atoms with van der Waals surface area (Å²) in [6.07, 6.45) is 0.0561. The fourth-order valence-corrected chi connectivity index (χ4v) is 2.03. The second kappa shape index (κ2) is 5.66. The first-order valence-electron chi connectivity index (χ1n) is 4.79. The molecular formula is C9H20FNO2S. The van der Waals surface area contributed by atoms with E-state index in [2.05, 4.69) is 0 Å². The molecule has 2 N–H and O–H groups in total. The van der Waals surface area contributed by atoms with Crippen molar-refractivity contribution in [2.45, 2.75) is 26.4 Å². The number of halogens is 1. The Morgan fingerprint density at radius 3 is 2.14 bits per heavy atom. The molecule has 0 rings (SSSR count). The SMILES string of the molecule is CC(C)C(CN)C(F)CCS(C)(=O)=O. The third-order valence-electron chi connectivity index (χ3n) is 2.36. The lowest BCUT2D eigenvalue weighted by Crippen LogP contribution is -2.30. The molecule has 0 amide bonds. The third kappa shape index (κ3) is 5.54. The van der Waals surface area contributed by atoms with Gasteiger partial charge in [0.1, 0.15) is 16.0 Å². The van der Waals surface area contributed by atoms with E-state index in [0.29, 0.717) is 0 Å². The van der Waals surface area contributed by atoms with Crippen LogP contribution in [0.15, 0.2) is 0 Å². The van der Waals surface area contributed by atoms with E-state index in [1.54, 1.807) is 0 Å². The number of sulfone groups is 1. The molecule has 0 spiro atoms. The summed E-state index contributed by atoms with van der Waals surface area (Å²) in [5, 5.41) is 0. The minimum absolute atomic E-state index is 0.0544. The fraction of sp³-hybridized carbons (Fsp3) is 1.00.